The van der Waals surface area contributed by atoms with Crippen LogP contribution in [0.1, 0.15) is 56.3 Å². The molecular weight excluding hydrogens is 338 g/mol. The second-order valence-corrected chi connectivity index (χ2v) is 7.61. The smallest absolute Gasteiger partial charge is 0.411 e. The van der Waals surface area contributed by atoms with E-state index < -0.39 is 0 Å². The maximum absolute atomic E-state index is 12.4. The van der Waals surface area contributed by atoms with Crippen molar-refractivity contribution in [1.82, 2.24) is 4.90 Å². The normalized spacial score (nSPS) is 23.3. The van der Waals surface area contributed by atoms with Gasteiger partial charge in [-0.05, 0) is 55.9 Å². The molecule has 142 valence electrons. The molecule has 0 bridgehead atoms. The molecule has 2 fully saturated rings. The Morgan fingerprint density at radius 3 is 2.41 bits per heavy atom. The van der Waals surface area contributed by atoms with Gasteiger partial charge in [0, 0.05) is 6.54 Å². The highest BCUT2D eigenvalue weighted by Gasteiger charge is 2.39. The van der Waals surface area contributed by atoms with Crippen molar-refractivity contribution in [3.8, 4) is 5.75 Å². The average Bonchev–Trinajstić information content (AvgIpc) is 2.99. The topological polar surface area (TPSA) is 38.8 Å². The monoisotopic (exact) mass is 365 g/mol. The summed E-state index contributed by atoms with van der Waals surface area (Å²) in [6.45, 7) is 2.59. The number of rotatable bonds is 5. The third-order valence-corrected chi connectivity index (χ3v) is 5.65. The number of carbonyl (C=O) groups excluding carboxylic acids is 1. The van der Waals surface area contributed by atoms with E-state index in [1.54, 1.807) is 4.90 Å². The second kappa shape index (κ2) is 8.03. The quantitative estimate of drug-likeness (QED) is 0.704. The van der Waals surface area contributed by atoms with Crippen molar-refractivity contribution in [2.75, 3.05) is 0 Å². The number of benzene rings is 2. The molecule has 1 aliphatic heterocycles. The van der Waals surface area contributed by atoms with Crippen LogP contribution >= 0.6 is 0 Å². The fraction of sp³-hybridized carbons (Fsp3) is 0.435. The number of carbonyl (C=O) groups is 1. The van der Waals surface area contributed by atoms with E-state index in [2.05, 4.69) is 0 Å². The van der Waals surface area contributed by atoms with Crippen LogP contribution in [0.2, 0.25) is 0 Å². The zero-order valence-electron chi connectivity index (χ0n) is 15.8. The first kappa shape index (κ1) is 17.9. The van der Waals surface area contributed by atoms with Crippen LogP contribution < -0.4 is 4.74 Å². The van der Waals surface area contributed by atoms with Gasteiger partial charge in [-0.25, -0.2) is 4.79 Å². The SMILES string of the molecule is C[C@H]1[C@@H](c2ccccc2)OC(=O)N1Cc1ccc(OC2CCCCC2)cc1. The molecule has 2 aromatic rings. The van der Waals surface area contributed by atoms with E-state index in [4.69, 9.17) is 9.47 Å². The van der Waals surface area contributed by atoms with Gasteiger partial charge in [-0.15, -0.1) is 0 Å². The predicted molar refractivity (Wildman–Crippen MR) is 105 cm³/mol. The van der Waals surface area contributed by atoms with Crippen molar-refractivity contribution < 1.29 is 14.3 Å². The number of nitrogens with zero attached hydrogens (tertiary/aromatic N) is 1. The Morgan fingerprint density at radius 2 is 1.70 bits per heavy atom. The molecule has 0 aromatic heterocycles. The van der Waals surface area contributed by atoms with Crippen LogP contribution in [0.3, 0.4) is 0 Å². The van der Waals surface area contributed by atoms with Gasteiger partial charge in [0.2, 0.25) is 0 Å². The number of ether oxygens (including phenoxy) is 2. The number of hydrogen-bond acceptors (Lipinski definition) is 3. The van der Waals surface area contributed by atoms with Gasteiger partial charge in [-0.2, -0.15) is 0 Å². The summed E-state index contributed by atoms with van der Waals surface area (Å²) in [6, 6.07) is 18.1. The van der Waals surface area contributed by atoms with E-state index in [0.29, 0.717) is 12.6 Å². The molecule has 0 radical (unpaired) electrons. The fourth-order valence-electron chi connectivity index (χ4n) is 4.05. The Labute approximate surface area is 161 Å². The molecule has 0 unspecified atom stereocenters. The van der Waals surface area contributed by atoms with E-state index in [1.807, 2.05) is 61.5 Å². The van der Waals surface area contributed by atoms with Crippen molar-refractivity contribution in [2.24, 2.45) is 0 Å². The van der Waals surface area contributed by atoms with Crippen LogP contribution in [0.5, 0.6) is 5.75 Å². The van der Waals surface area contributed by atoms with E-state index in [9.17, 15) is 4.79 Å². The minimum atomic E-state index is -0.251. The van der Waals surface area contributed by atoms with Gasteiger partial charge in [0.05, 0.1) is 12.1 Å². The van der Waals surface area contributed by atoms with E-state index in [1.165, 1.54) is 19.3 Å². The van der Waals surface area contributed by atoms with Crippen LogP contribution in [0.15, 0.2) is 54.6 Å². The molecule has 1 heterocycles. The molecule has 27 heavy (non-hydrogen) atoms. The second-order valence-electron chi connectivity index (χ2n) is 7.61. The van der Waals surface area contributed by atoms with Gasteiger partial charge in [-0.3, -0.25) is 4.90 Å². The van der Waals surface area contributed by atoms with Gasteiger partial charge in [0.15, 0.2) is 0 Å². The van der Waals surface area contributed by atoms with Crippen molar-refractivity contribution in [1.29, 1.82) is 0 Å². The van der Waals surface area contributed by atoms with E-state index in [-0.39, 0.29) is 18.2 Å². The first-order valence-corrected chi connectivity index (χ1v) is 9.98. The maximum atomic E-state index is 12.4. The Morgan fingerprint density at radius 1 is 1.00 bits per heavy atom. The van der Waals surface area contributed by atoms with E-state index >= 15 is 0 Å². The lowest BCUT2D eigenvalue weighted by Crippen LogP contribution is -2.31. The summed E-state index contributed by atoms with van der Waals surface area (Å²) in [5, 5.41) is 0. The summed E-state index contributed by atoms with van der Waals surface area (Å²) in [4.78, 5) is 14.2. The zero-order valence-corrected chi connectivity index (χ0v) is 15.8. The highest BCUT2D eigenvalue weighted by Crippen LogP contribution is 2.33. The molecule has 1 saturated heterocycles. The van der Waals surface area contributed by atoms with Crippen LogP contribution in [-0.4, -0.2) is 23.1 Å². The number of cyclic esters (lactones) is 1. The third kappa shape index (κ3) is 4.10. The van der Waals surface area contributed by atoms with Gasteiger partial charge < -0.3 is 9.47 Å². The van der Waals surface area contributed by atoms with Crippen molar-refractivity contribution in [3.63, 3.8) is 0 Å². The molecular formula is C23H27NO3. The summed E-state index contributed by atoms with van der Waals surface area (Å²) in [5.74, 6) is 0.921. The zero-order chi connectivity index (χ0) is 18.6. The summed E-state index contributed by atoms with van der Waals surface area (Å²) < 4.78 is 11.7. The van der Waals surface area contributed by atoms with Crippen molar-refractivity contribution in [3.05, 3.63) is 65.7 Å². The molecule has 2 atom stereocenters. The third-order valence-electron chi connectivity index (χ3n) is 5.65. The van der Waals surface area contributed by atoms with Gasteiger partial charge >= 0.3 is 6.09 Å². The molecule has 0 N–H and O–H groups in total. The molecule has 4 rings (SSSR count). The fourth-order valence-corrected chi connectivity index (χ4v) is 4.05. The van der Waals surface area contributed by atoms with Crippen molar-refractivity contribution >= 4 is 6.09 Å². The lowest BCUT2D eigenvalue weighted by molar-refractivity contribution is 0.130. The molecule has 4 nitrogen and oxygen atoms in total. The van der Waals surface area contributed by atoms with E-state index in [0.717, 1.165) is 29.7 Å². The molecule has 1 amide bonds. The minimum Gasteiger partial charge on any atom is -0.490 e. The van der Waals surface area contributed by atoms with Crippen LogP contribution in [0.4, 0.5) is 4.79 Å². The Hall–Kier alpha value is -2.49. The molecule has 0 spiro atoms. The summed E-state index contributed by atoms with van der Waals surface area (Å²) in [7, 11) is 0. The molecule has 2 aromatic carbocycles. The largest absolute Gasteiger partial charge is 0.490 e. The highest BCUT2D eigenvalue weighted by atomic mass is 16.6. The lowest BCUT2D eigenvalue weighted by Gasteiger charge is -2.23. The molecule has 1 saturated carbocycles. The first-order valence-electron chi connectivity index (χ1n) is 9.98. The first-order chi connectivity index (χ1) is 13.2. The Kier molecular flexibility index (Phi) is 5.33. The maximum Gasteiger partial charge on any atom is 0.411 e. The molecule has 2 aliphatic rings. The minimum absolute atomic E-state index is 0.00179. The van der Waals surface area contributed by atoms with Crippen LogP contribution in [0, 0.1) is 0 Å². The Bertz CT molecular complexity index is 753. The Balaban J connectivity index is 1.39. The standard InChI is InChI=1S/C23H27NO3/c1-17-22(19-8-4-2-5-9-19)27-23(25)24(17)16-18-12-14-21(15-13-18)26-20-10-6-3-7-11-20/h2,4-5,8-9,12-15,17,20,22H,3,6-7,10-11,16H2,1H3/t17-,22-/m0/s1. The number of amides is 1. The lowest BCUT2D eigenvalue weighted by atomic mass is 9.98. The predicted octanol–water partition coefficient (Wildman–Crippen LogP) is 5.48. The van der Waals surface area contributed by atoms with Gasteiger partial charge in [0.1, 0.15) is 11.9 Å². The van der Waals surface area contributed by atoms with Gasteiger partial charge in [0.25, 0.3) is 0 Å². The molecule has 1 aliphatic carbocycles. The van der Waals surface area contributed by atoms with Crippen LogP contribution in [-0.2, 0) is 11.3 Å². The summed E-state index contributed by atoms with van der Waals surface area (Å²) >= 11 is 0. The number of hydrogen-bond donors (Lipinski definition) is 0. The van der Waals surface area contributed by atoms with Gasteiger partial charge in [-0.1, -0.05) is 48.9 Å². The summed E-state index contributed by atoms with van der Waals surface area (Å²) in [6.07, 6.45) is 6.05. The van der Waals surface area contributed by atoms with Crippen LogP contribution in [0.25, 0.3) is 0 Å². The summed E-state index contributed by atoms with van der Waals surface area (Å²) in [5.41, 5.74) is 2.13. The highest BCUT2D eigenvalue weighted by molar-refractivity contribution is 5.71. The average molecular weight is 365 g/mol. The van der Waals surface area contributed by atoms with Crippen molar-refractivity contribution in [2.45, 2.75) is 63.8 Å². The molecule has 4 heteroatoms.